The average molecular weight is 486 g/mol. The van der Waals surface area contributed by atoms with Gasteiger partial charge in [0.1, 0.15) is 23.1 Å². The summed E-state index contributed by atoms with van der Waals surface area (Å²) in [6, 6.07) is 14.0. The molecule has 5 rings (SSSR count). The van der Waals surface area contributed by atoms with Gasteiger partial charge in [0, 0.05) is 11.1 Å². The van der Waals surface area contributed by atoms with Crippen LogP contribution in [0.15, 0.2) is 70.1 Å². The van der Waals surface area contributed by atoms with Gasteiger partial charge < -0.3 is 15.9 Å². The molecule has 0 radical (unpaired) electrons. The van der Waals surface area contributed by atoms with E-state index in [0.717, 1.165) is 12.3 Å². The standard InChI is InChI=1S/C10H7F3N2.C10H7NO3.C6H12/c11-10(12,13)9-5-7(14)6-3-1-2-4-8(6)15-9;11-10(13)7-5-14-8-4-2-1-3-6(8)9(7)12;1-2-4-6-5-3-1/h1-5H,(H2,14,15);1-5H,(H2,11,13);1-6H2. The summed E-state index contributed by atoms with van der Waals surface area (Å²) in [5.41, 5.74) is 9.84. The minimum Gasteiger partial charge on any atom is -0.463 e. The van der Waals surface area contributed by atoms with Crippen LogP contribution in [-0.2, 0) is 6.18 Å². The van der Waals surface area contributed by atoms with Crippen LogP contribution in [0.3, 0.4) is 0 Å². The SMILES string of the molecule is C1CCCCC1.NC(=O)c1coc2ccccc2c1=O.Nc1cc(C(F)(F)F)nc2ccccc12. The summed E-state index contributed by atoms with van der Waals surface area (Å²) < 4.78 is 42.2. The number of fused-ring (bicyclic) bond motifs is 2. The van der Waals surface area contributed by atoms with E-state index >= 15 is 0 Å². The molecule has 4 aromatic rings. The maximum absolute atomic E-state index is 12.4. The summed E-state index contributed by atoms with van der Waals surface area (Å²) in [5, 5.41) is 0.898. The Labute approximate surface area is 199 Å². The lowest BCUT2D eigenvalue weighted by Gasteiger charge is -2.08. The highest BCUT2D eigenvalue weighted by Crippen LogP contribution is 2.31. The van der Waals surface area contributed by atoms with Crippen LogP contribution in [0.2, 0.25) is 0 Å². The van der Waals surface area contributed by atoms with E-state index in [1.54, 1.807) is 42.5 Å². The number of amides is 1. The number of nitrogen functional groups attached to an aromatic ring is 1. The molecular weight excluding hydrogens is 459 g/mol. The molecule has 6 nitrogen and oxygen atoms in total. The number of carbonyl (C=O) groups excluding carboxylic acids is 1. The van der Waals surface area contributed by atoms with Gasteiger partial charge in [0.2, 0.25) is 5.43 Å². The van der Waals surface area contributed by atoms with Crippen molar-refractivity contribution in [3.8, 4) is 0 Å². The molecule has 4 N–H and O–H groups in total. The van der Waals surface area contributed by atoms with Crippen LogP contribution in [-0.4, -0.2) is 10.9 Å². The van der Waals surface area contributed by atoms with Crippen molar-refractivity contribution in [2.24, 2.45) is 5.73 Å². The number of benzene rings is 2. The lowest BCUT2D eigenvalue weighted by atomic mass is 10.0. The van der Waals surface area contributed by atoms with Gasteiger partial charge in [0.15, 0.2) is 0 Å². The third-order valence-electron chi connectivity index (χ3n) is 5.48. The Hall–Kier alpha value is -3.88. The van der Waals surface area contributed by atoms with Crippen LogP contribution in [0.4, 0.5) is 18.9 Å². The third kappa shape index (κ3) is 6.81. The molecule has 9 heteroatoms. The molecule has 35 heavy (non-hydrogen) atoms. The van der Waals surface area contributed by atoms with Crippen molar-refractivity contribution < 1.29 is 22.4 Å². The van der Waals surface area contributed by atoms with E-state index in [0.29, 0.717) is 16.4 Å². The van der Waals surface area contributed by atoms with E-state index in [4.69, 9.17) is 15.9 Å². The molecule has 2 aromatic heterocycles. The second kappa shape index (κ2) is 11.5. The molecule has 1 aliphatic carbocycles. The van der Waals surface area contributed by atoms with E-state index in [1.165, 1.54) is 44.6 Å². The van der Waals surface area contributed by atoms with Crippen molar-refractivity contribution in [2.75, 3.05) is 5.73 Å². The Morgan fingerprint density at radius 1 is 0.886 bits per heavy atom. The number of halogens is 3. The molecule has 0 bridgehead atoms. The second-order valence-electron chi connectivity index (χ2n) is 8.07. The first-order chi connectivity index (χ1) is 16.7. The van der Waals surface area contributed by atoms with E-state index in [2.05, 4.69) is 4.98 Å². The Bertz CT molecular complexity index is 1350. The Morgan fingerprint density at radius 2 is 1.43 bits per heavy atom. The minimum absolute atomic E-state index is 0.0907. The van der Waals surface area contributed by atoms with Crippen molar-refractivity contribution in [1.82, 2.24) is 4.98 Å². The topological polar surface area (TPSA) is 112 Å². The molecule has 0 spiro atoms. The van der Waals surface area contributed by atoms with Crippen LogP contribution >= 0.6 is 0 Å². The predicted molar refractivity (Wildman–Crippen MR) is 130 cm³/mol. The number of alkyl halides is 3. The van der Waals surface area contributed by atoms with E-state index in [1.807, 2.05) is 0 Å². The zero-order valence-corrected chi connectivity index (χ0v) is 19.0. The smallest absolute Gasteiger partial charge is 0.433 e. The molecule has 1 amide bonds. The zero-order valence-electron chi connectivity index (χ0n) is 19.0. The second-order valence-corrected chi connectivity index (χ2v) is 8.07. The van der Waals surface area contributed by atoms with Gasteiger partial charge in [-0.25, -0.2) is 4.98 Å². The van der Waals surface area contributed by atoms with Gasteiger partial charge >= 0.3 is 6.18 Å². The Kier molecular flexibility index (Phi) is 8.46. The van der Waals surface area contributed by atoms with E-state index in [-0.39, 0.29) is 22.2 Å². The zero-order chi connectivity index (χ0) is 25.4. The summed E-state index contributed by atoms with van der Waals surface area (Å²) in [5.74, 6) is -0.774. The monoisotopic (exact) mass is 485 g/mol. The molecule has 1 saturated carbocycles. The maximum Gasteiger partial charge on any atom is 0.433 e. The molecular formula is C26H26F3N3O3. The van der Waals surface area contributed by atoms with Crippen LogP contribution in [0.25, 0.3) is 21.9 Å². The quantitative estimate of drug-likeness (QED) is 0.340. The number of primary amides is 1. The number of hydrogen-bond acceptors (Lipinski definition) is 5. The van der Waals surface area contributed by atoms with E-state index in [9.17, 15) is 22.8 Å². The first-order valence-corrected chi connectivity index (χ1v) is 11.2. The first kappa shape index (κ1) is 25.7. The van der Waals surface area contributed by atoms with Crippen molar-refractivity contribution in [2.45, 2.75) is 44.7 Å². The number of nitrogens with zero attached hydrogens (tertiary/aromatic N) is 1. The number of pyridine rings is 1. The molecule has 0 unspecified atom stereocenters. The van der Waals surface area contributed by atoms with Gasteiger partial charge in [-0.2, -0.15) is 13.2 Å². The number of para-hydroxylation sites is 2. The number of carbonyl (C=O) groups is 1. The van der Waals surface area contributed by atoms with Gasteiger partial charge in [0.25, 0.3) is 5.91 Å². The Morgan fingerprint density at radius 3 is 2.00 bits per heavy atom. The van der Waals surface area contributed by atoms with Crippen molar-refractivity contribution in [3.05, 3.63) is 82.3 Å². The molecule has 0 aliphatic heterocycles. The number of hydrogen-bond donors (Lipinski definition) is 2. The summed E-state index contributed by atoms with van der Waals surface area (Å²) in [7, 11) is 0. The van der Waals surface area contributed by atoms with Crippen LogP contribution in [0.1, 0.15) is 54.6 Å². The molecule has 0 saturated heterocycles. The third-order valence-corrected chi connectivity index (χ3v) is 5.48. The Balaban J connectivity index is 0.000000159. The molecule has 2 heterocycles. The van der Waals surface area contributed by atoms with Gasteiger partial charge in [-0.3, -0.25) is 9.59 Å². The van der Waals surface area contributed by atoms with E-state index < -0.39 is 17.8 Å². The van der Waals surface area contributed by atoms with Crippen LogP contribution in [0.5, 0.6) is 0 Å². The summed E-state index contributed by atoms with van der Waals surface area (Å²) >= 11 is 0. The highest BCUT2D eigenvalue weighted by atomic mass is 19.4. The van der Waals surface area contributed by atoms with Crippen molar-refractivity contribution in [3.63, 3.8) is 0 Å². The van der Waals surface area contributed by atoms with Gasteiger partial charge in [-0.1, -0.05) is 68.9 Å². The number of aromatic nitrogens is 1. The first-order valence-electron chi connectivity index (χ1n) is 11.2. The summed E-state index contributed by atoms with van der Waals surface area (Å²) in [6.45, 7) is 0. The minimum atomic E-state index is -4.46. The molecule has 1 aliphatic rings. The largest absolute Gasteiger partial charge is 0.463 e. The van der Waals surface area contributed by atoms with Crippen LogP contribution in [0, 0.1) is 0 Å². The number of nitrogens with two attached hydrogens (primary N) is 2. The van der Waals surface area contributed by atoms with Crippen molar-refractivity contribution in [1.29, 1.82) is 0 Å². The average Bonchev–Trinajstić information content (AvgIpc) is 2.85. The molecule has 2 aromatic carbocycles. The number of anilines is 1. The summed E-state index contributed by atoms with van der Waals surface area (Å²) in [4.78, 5) is 25.9. The predicted octanol–water partition coefficient (Wildman–Crippen LogP) is 6.07. The van der Waals surface area contributed by atoms with Gasteiger partial charge in [0.05, 0.1) is 10.9 Å². The maximum atomic E-state index is 12.4. The molecule has 184 valence electrons. The van der Waals surface area contributed by atoms with Gasteiger partial charge in [-0.05, 0) is 24.3 Å². The summed E-state index contributed by atoms with van der Waals surface area (Å²) in [6.07, 6.45) is 5.63. The fraction of sp³-hybridized carbons (Fsp3) is 0.269. The van der Waals surface area contributed by atoms with Gasteiger partial charge in [-0.15, -0.1) is 0 Å². The fourth-order valence-corrected chi connectivity index (χ4v) is 3.66. The fourth-order valence-electron chi connectivity index (χ4n) is 3.66. The molecule has 1 fully saturated rings. The highest BCUT2D eigenvalue weighted by molar-refractivity contribution is 5.95. The normalized spacial score (nSPS) is 13.3. The van der Waals surface area contributed by atoms with Crippen molar-refractivity contribution >= 4 is 33.5 Å². The lowest BCUT2D eigenvalue weighted by Crippen LogP contribution is -2.21. The highest BCUT2D eigenvalue weighted by Gasteiger charge is 2.33. The lowest BCUT2D eigenvalue weighted by molar-refractivity contribution is -0.140. The number of rotatable bonds is 1. The molecule has 0 atom stereocenters. The van der Waals surface area contributed by atoms with Crippen LogP contribution < -0.4 is 16.9 Å².